The molecule has 0 fully saturated rings. The Kier molecular flexibility index (Phi) is 1.06. The molecule has 0 aromatic heterocycles. The lowest BCUT2D eigenvalue weighted by Crippen LogP contribution is -1.82. The maximum absolute atomic E-state index is 10.2. The molecule has 38 valence electrons. The number of aliphatic hydroxyl groups is 1. The zero-order chi connectivity index (χ0) is 5.28. The van der Waals surface area contributed by atoms with Crippen molar-refractivity contribution in [1.82, 2.24) is 0 Å². The van der Waals surface area contributed by atoms with Crippen molar-refractivity contribution in [3.05, 3.63) is 11.2 Å². The van der Waals surface area contributed by atoms with Gasteiger partial charge >= 0.3 is 0 Å². The second kappa shape index (κ2) is 1.58. The molecular formula is C4H4O2S. The van der Waals surface area contributed by atoms with E-state index in [1.807, 2.05) is 0 Å². The van der Waals surface area contributed by atoms with Crippen molar-refractivity contribution in [3.8, 4) is 0 Å². The largest absolute Gasteiger partial charge is 0.511 e. The Morgan fingerprint density at radius 3 is 2.71 bits per heavy atom. The van der Waals surface area contributed by atoms with Gasteiger partial charge in [-0.1, -0.05) is 11.8 Å². The average Bonchev–Trinajstić information content (AvgIpc) is 1.87. The fourth-order valence-electron chi connectivity index (χ4n) is 0.365. The molecule has 7 heavy (non-hydrogen) atoms. The van der Waals surface area contributed by atoms with E-state index in [0.29, 0.717) is 0 Å². The molecule has 3 heteroatoms. The van der Waals surface area contributed by atoms with Crippen molar-refractivity contribution in [2.75, 3.05) is 0 Å². The summed E-state index contributed by atoms with van der Waals surface area (Å²) >= 11 is 1.05. The molecule has 0 radical (unpaired) electrons. The van der Waals surface area contributed by atoms with E-state index in [4.69, 9.17) is 5.11 Å². The van der Waals surface area contributed by atoms with Crippen LogP contribution in [-0.2, 0) is 4.79 Å². The molecule has 1 aliphatic heterocycles. The lowest BCUT2D eigenvalue weighted by molar-refractivity contribution is -0.110. The van der Waals surface area contributed by atoms with Gasteiger partial charge in [-0.15, -0.1) is 0 Å². The van der Waals surface area contributed by atoms with Crippen molar-refractivity contribution < 1.29 is 9.90 Å². The first-order valence-corrected chi connectivity index (χ1v) is 2.74. The third-order valence-corrected chi connectivity index (χ3v) is 1.45. The Morgan fingerprint density at radius 1 is 1.86 bits per heavy atom. The van der Waals surface area contributed by atoms with Gasteiger partial charge in [-0.25, -0.2) is 0 Å². The second-order valence-corrected chi connectivity index (χ2v) is 2.20. The fraction of sp³-hybridized carbons (Fsp3) is 0.250. The first-order valence-electron chi connectivity index (χ1n) is 1.86. The summed E-state index contributed by atoms with van der Waals surface area (Å²) in [4.78, 5) is 10.2. The topological polar surface area (TPSA) is 37.3 Å². The molecule has 0 saturated heterocycles. The summed E-state index contributed by atoms with van der Waals surface area (Å²) < 4.78 is 0. The lowest BCUT2D eigenvalue weighted by Gasteiger charge is -1.78. The van der Waals surface area contributed by atoms with E-state index in [1.54, 1.807) is 0 Å². The molecule has 0 amide bonds. The molecule has 0 atom stereocenters. The van der Waals surface area contributed by atoms with Crippen LogP contribution in [0.15, 0.2) is 11.2 Å². The smallest absolute Gasteiger partial charge is 0.200 e. The van der Waals surface area contributed by atoms with Crippen LogP contribution in [0.3, 0.4) is 0 Å². The minimum absolute atomic E-state index is 0.0255. The molecule has 0 unspecified atom stereocenters. The highest BCUT2D eigenvalue weighted by Crippen LogP contribution is 2.20. The molecule has 0 saturated carbocycles. The second-order valence-electron chi connectivity index (χ2n) is 1.28. The number of hydrogen-bond acceptors (Lipinski definition) is 3. The Morgan fingerprint density at radius 2 is 2.57 bits per heavy atom. The molecule has 0 spiro atoms. The summed E-state index contributed by atoms with van der Waals surface area (Å²) in [5.74, 6) is 0.190. The minimum Gasteiger partial charge on any atom is -0.511 e. The van der Waals surface area contributed by atoms with Crippen LogP contribution in [0, 0.1) is 0 Å². The number of carbonyl (C=O) groups excluding carboxylic acids is 1. The van der Waals surface area contributed by atoms with E-state index < -0.39 is 0 Å². The molecule has 0 bridgehead atoms. The first kappa shape index (κ1) is 4.71. The van der Waals surface area contributed by atoms with Crippen LogP contribution in [0.1, 0.15) is 6.42 Å². The summed E-state index contributed by atoms with van der Waals surface area (Å²) in [6.45, 7) is 0. The number of hydrogen-bond donors (Lipinski definition) is 1. The maximum atomic E-state index is 10.2. The number of aliphatic hydroxyl groups excluding tert-OH is 1. The van der Waals surface area contributed by atoms with Gasteiger partial charge < -0.3 is 5.11 Å². The molecule has 2 nitrogen and oxygen atoms in total. The number of allylic oxidation sites excluding steroid dienone is 1. The van der Waals surface area contributed by atoms with Gasteiger partial charge in [-0.05, 0) is 0 Å². The van der Waals surface area contributed by atoms with E-state index in [-0.39, 0.29) is 17.3 Å². The quantitative estimate of drug-likeness (QED) is 0.514. The number of carbonyl (C=O) groups is 1. The van der Waals surface area contributed by atoms with Crippen molar-refractivity contribution in [3.63, 3.8) is 0 Å². The first-order chi connectivity index (χ1) is 3.29. The Balaban J connectivity index is 2.58. The van der Waals surface area contributed by atoms with Gasteiger partial charge in [0.1, 0.15) is 5.76 Å². The van der Waals surface area contributed by atoms with Crippen molar-refractivity contribution >= 4 is 16.9 Å². The Hall–Kier alpha value is -0.440. The average molecular weight is 116 g/mol. The van der Waals surface area contributed by atoms with E-state index in [0.717, 1.165) is 11.8 Å². The predicted octanol–water partition coefficient (Wildman–Crippen LogP) is 1.05. The molecule has 0 aliphatic carbocycles. The normalized spacial score (nSPS) is 20.0. The third-order valence-electron chi connectivity index (χ3n) is 0.652. The lowest BCUT2D eigenvalue weighted by atomic mass is 10.4. The zero-order valence-corrected chi connectivity index (χ0v) is 4.36. The SMILES string of the molecule is O=C1CC(O)=CS1. The monoisotopic (exact) mass is 116 g/mol. The van der Waals surface area contributed by atoms with Crippen molar-refractivity contribution in [2.45, 2.75) is 6.42 Å². The third kappa shape index (κ3) is 0.962. The highest BCUT2D eigenvalue weighted by molar-refractivity contribution is 8.16. The molecule has 1 heterocycles. The van der Waals surface area contributed by atoms with Crippen LogP contribution in [-0.4, -0.2) is 10.2 Å². The molecular weight excluding hydrogens is 112 g/mol. The summed E-state index contributed by atoms with van der Waals surface area (Å²) in [5, 5.41) is 10.0. The molecule has 0 aromatic rings. The maximum Gasteiger partial charge on any atom is 0.200 e. The van der Waals surface area contributed by atoms with E-state index >= 15 is 0 Å². The molecule has 1 N–H and O–H groups in total. The standard InChI is InChI=1S/C4H4O2S/c5-3-1-4(6)7-2-3/h2,5H,1H2. The summed E-state index contributed by atoms with van der Waals surface area (Å²) in [5.41, 5.74) is 0. The molecule has 0 aromatic carbocycles. The summed E-state index contributed by atoms with van der Waals surface area (Å²) in [7, 11) is 0. The number of rotatable bonds is 0. The van der Waals surface area contributed by atoms with Gasteiger partial charge in [0.2, 0.25) is 5.12 Å². The fourth-order valence-corrected chi connectivity index (χ4v) is 0.947. The minimum atomic E-state index is 0.0255. The van der Waals surface area contributed by atoms with Gasteiger partial charge in [0.25, 0.3) is 0 Å². The van der Waals surface area contributed by atoms with Crippen LogP contribution in [0.25, 0.3) is 0 Å². The van der Waals surface area contributed by atoms with Gasteiger partial charge in [-0.3, -0.25) is 4.79 Å². The van der Waals surface area contributed by atoms with Crippen LogP contribution >= 0.6 is 11.8 Å². The summed E-state index contributed by atoms with van der Waals surface area (Å²) in [6.07, 6.45) is 0.213. The van der Waals surface area contributed by atoms with Gasteiger partial charge in [-0.2, -0.15) is 0 Å². The van der Waals surface area contributed by atoms with E-state index in [2.05, 4.69) is 0 Å². The van der Waals surface area contributed by atoms with Crippen LogP contribution in [0.5, 0.6) is 0 Å². The number of thioether (sulfide) groups is 1. The molecule has 1 rings (SSSR count). The Labute approximate surface area is 45.2 Å². The summed E-state index contributed by atoms with van der Waals surface area (Å²) in [6, 6.07) is 0. The highest BCUT2D eigenvalue weighted by atomic mass is 32.2. The van der Waals surface area contributed by atoms with Crippen LogP contribution < -0.4 is 0 Å². The van der Waals surface area contributed by atoms with Crippen molar-refractivity contribution in [1.29, 1.82) is 0 Å². The highest BCUT2D eigenvalue weighted by Gasteiger charge is 2.10. The van der Waals surface area contributed by atoms with Gasteiger partial charge in [0, 0.05) is 5.41 Å². The van der Waals surface area contributed by atoms with Crippen molar-refractivity contribution in [2.24, 2.45) is 0 Å². The van der Waals surface area contributed by atoms with Gasteiger partial charge in [0.05, 0.1) is 6.42 Å². The van der Waals surface area contributed by atoms with Crippen LogP contribution in [0.2, 0.25) is 0 Å². The predicted molar refractivity (Wildman–Crippen MR) is 27.9 cm³/mol. The van der Waals surface area contributed by atoms with E-state index in [1.165, 1.54) is 5.41 Å². The van der Waals surface area contributed by atoms with Gasteiger partial charge in [0.15, 0.2) is 0 Å². The zero-order valence-electron chi connectivity index (χ0n) is 3.55. The van der Waals surface area contributed by atoms with E-state index in [9.17, 15) is 4.79 Å². The van der Waals surface area contributed by atoms with Crippen LogP contribution in [0.4, 0.5) is 0 Å². The molecule has 1 aliphatic rings. The Bertz CT molecular complexity index is 128.